The second kappa shape index (κ2) is 16.5. The van der Waals surface area contributed by atoms with Gasteiger partial charge in [-0.05, 0) is 35.1 Å². The van der Waals surface area contributed by atoms with Crippen LogP contribution in [0.2, 0.25) is 0 Å². The summed E-state index contributed by atoms with van der Waals surface area (Å²) in [5, 5.41) is 3.36. The third-order valence-corrected chi connectivity index (χ3v) is 12.5. The van der Waals surface area contributed by atoms with Crippen molar-refractivity contribution in [3.8, 4) is 22.5 Å². The van der Waals surface area contributed by atoms with Crippen molar-refractivity contribution in [1.82, 2.24) is 20.1 Å². The highest BCUT2D eigenvalue weighted by Gasteiger charge is 2.39. The van der Waals surface area contributed by atoms with Gasteiger partial charge in [-0.25, -0.2) is 20.1 Å². The summed E-state index contributed by atoms with van der Waals surface area (Å²) in [7, 11) is 6.47. The van der Waals surface area contributed by atoms with E-state index in [1.165, 1.54) is 22.3 Å². The van der Waals surface area contributed by atoms with Gasteiger partial charge in [0.2, 0.25) is 11.8 Å². The molecule has 6 aromatic rings. The van der Waals surface area contributed by atoms with Gasteiger partial charge in [-0.3, -0.25) is 14.5 Å². The van der Waals surface area contributed by atoms with Crippen molar-refractivity contribution in [2.75, 3.05) is 51.3 Å². The molecule has 11 heteroatoms. The standard InChI is InChI=1S/C51H48N6O5/c1-59-43-27-41-39(31-56(43)61-3)45(49(47(52-41)35-17-7-5-8-18-35)54-25-23-33-15-11-13-21-37(33)29-54)51(58)46-40-32-57(62-4)44(60-2)28-42(40)53-48(36-19-9-6-10-20-36)50(46)55-26-24-34-16-12-14-22-38(34)30-55/h5-22,27-28H,23-26,29-32H2,1-4H3. The number of methoxy groups -OCH3 is 2. The topological polar surface area (TPSA) is 92.7 Å². The molecule has 6 heterocycles. The summed E-state index contributed by atoms with van der Waals surface area (Å²) < 4.78 is 11.7. The van der Waals surface area contributed by atoms with Crippen molar-refractivity contribution < 1.29 is 23.9 Å². The van der Waals surface area contributed by atoms with Gasteiger partial charge in [-0.2, -0.15) is 0 Å². The van der Waals surface area contributed by atoms with Crippen LogP contribution in [0.25, 0.3) is 34.7 Å². The molecule has 0 N–H and O–H groups in total. The molecule has 312 valence electrons. The fourth-order valence-corrected chi connectivity index (χ4v) is 9.47. The van der Waals surface area contributed by atoms with Gasteiger partial charge in [0.15, 0.2) is 5.78 Å². The number of hydrogen-bond donors (Lipinski definition) is 0. The Morgan fingerprint density at radius 3 is 1.27 bits per heavy atom. The quantitative estimate of drug-likeness (QED) is 0.124. The minimum absolute atomic E-state index is 0.130. The molecule has 0 saturated heterocycles. The molecule has 10 rings (SSSR count). The monoisotopic (exact) mass is 824 g/mol. The number of ether oxygens (including phenoxy) is 2. The molecule has 0 atom stereocenters. The van der Waals surface area contributed by atoms with Crippen molar-refractivity contribution in [1.29, 1.82) is 0 Å². The van der Waals surface area contributed by atoms with Crippen LogP contribution in [0, 0.1) is 0 Å². The van der Waals surface area contributed by atoms with Gasteiger partial charge >= 0.3 is 0 Å². The lowest BCUT2D eigenvalue weighted by molar-refractivity contribution is -0.143. The van der Waals surface area contributed by atoms with Crippen LogP contribution in [-0.4, -0.2) is 67.4 Å². The summed E-state index contributed by atoms with van der Waals surface area (Å²) in [6, 6.07) is 37.5. The van der Waals surface area contributed by atoms with Gasteiger partial charge in [-0.1, -0.05) is 109 Å². The Balaban J connectivity index is 1.31. The molecule has 4 aromatic carbocycles. The molecule has 0 aliphatic carbocycles. The molecule has 2 aromatic heterocycles. The van der Waals surface area contributed by atoms with Crippen molar-refractivity contribution in [3.63, 3.8) is 0 Å². The zero-order chi connectivity index (χ0) is 42.3. The summed E-state index contributed by atoms with van der Waals surface area (Å²) in [5.74, 6) is 0.866. The number of hydroxylamine groups is 4. The first kappa shape index (κ1) is 39.2. The average molecular weight is 825 g/mol. The number of anilines is 2. The fourth-order valence-electron chi connectivity index (χ4n) is 9.47. The molecule has 0 amide bonds. The minimum Gasteiger partial charge on any atom is -0.481 e. The predicted molar refractivity (Wildman–Crippen MR) is 240 cm³/mol. The SMILES string of the molecule is COC1=Cc2nc(-c3ccccc3)c(N3CCc4ccccc4C3)c(C(=O)c3c4c(nc(-c5ccccc5)c3N3CCc5ccccc5C3)C=C(OC)N(OC)C4)c2CN1OC. The molecule has 0 spiro atoms. The molecule has 62 heavy (non-hydrogen) atoms. The molecular weight excluding hydrogens is 777 g/mol. The number of ketones is 1. The second-order valence-electron chi connectivity index (χ2n) is 15.8. The maximum Gasteiger partial charge on any atom is 0.215 e. The molecule has 0 fully saturated rings. The van der Waals surface area contributed by atoms with E-state index >= 15 is 4.79 Å². The van der Waals surface area contributed by atoms with E-state index in [4.69, 9.17) is 29.1 Å². The number of fused-ring (bicyclic) bond motifs is 4. The average Bonchev–Trinajstić information content (AvgIpc) is 3.34. The van der Waals surface area contributed by atoms with E-state index in [1.807, 2.05) is 48.6 Å². The first-order valence-electron chi connectivity index (χ1n) is 21.0. The van der Waals surface area contributed by atoms with Crippen molar-refractivity contribution >= 4 is 29.3 Å². The molecule has 0 bridgehead atoms. The summed E-state index contributed by atoms with van der Waals surface area (Å²) in [6.45, 7) is 3.08. The van der Waals surface area contributed by atoms with Crippen LogP contribution in [0.4, 0.5) is 11.4 Å². The first-order chi connectivity index (χ1) is 30.5. The second-order valence-corrected chi connectivity index (χ2v) is 15.8. The molecule has 0 unspecified atom stereocenters. The van der Waals surface area contributed by atoms with Gasteiger partial charge in [0, 0.05) is 60.6 Å². The molecule has 11 nitrogen and oxygen atoms in total. The van der Waals surface area contributed by atoms with Gasteiger partial charge in [-0.15, -0.1) is 0 Å². The molecule has 4 aliphatic rings. The van der Waals surface area contributed by atoms with Crippen molar-refractivity contribution in [2.45, 2.75) is 39.0 Å². The van der Waals surface area contributed by atoms with E-state index in [1.54, 1.807) is 38.6 Å². The third kappa shape index (κ3) is 6.83. The maximum atomic E-state index is 16.9. The number of hydrogen-bond acceptors (Lipinski definition) is 11. The van der Waals surface area contributed by atoms with E-state index in [0.29, 0.717) is 60.5 Å². The number of rotatable bonds is 10. The summed E-state index contributed by atoms with van der Waals surface area (Å²) >= 11 is 0. The highest BCUT2D eigenvalue weighted by atomic mass is 16.7. The summed E-state index contributed by atoms with van der Waals surface area (Å²) in [6.07, 6.45) is 5.39. The number of pyridine rings is 2. The lowest BCUT2D eigenvalue weighted by Gasteiger charge is -2.38. The Labute approximate surface area is 362 Å². The van der Waals surface area contributed by atoms with E-state index < -0.39 is 0 Å². The van der Waals surface area contributed by atoms with Gasteiger partial charge in [0.05, 0.1) is 86.8 Å². The van der Waals surface area contributed by atoms with Crippen LogP contribution >= 0.6 is 0 Å². The van der Waals surface area contributed by atoms with E-state index in [9.17, 15) is 0 Å². The lowest BCUT2D eigenvalue weighted by Crippen LogP contribution is -2.36. The fraction of sp³-hybridized carbons (Fsp3) is 0.235. The van der Waals surface area contributed by atoms with Gasteiger partial charge < -0.3 is 19.3 Å². The number of benzene rings is 4. The van der Waals surface area contributed by atoms with Gasteiger partial charge in [0.1, 0.15) is 0 Å². The predicted octanol–water partition coefficient (Wildman–Crippen LogP) is 8.81. The lowest BCUT2D eigenvalue weighted by atomic mass is 9.85. The number of carbonyl (C=O) groups excluding carboxylic acids is 1. The number of aromatic nitrogens is 2. The number of carbonyl (C=O) groups is 1. The van der Waals surface area contributed by atoms with E-state index in [0.717, 1.165) is 57.9 Å². The Morgan fingerprint density at radius 1 is 0.500 bits per heavy atom. The maximum absolute atomic E-state index is 16.9. The van der Waals surface area contributed by atoms with Crippen LogP contribution in [0.5, 0.6) is 0 Å². The largest absolute Gasteiger partial charge is 0.481 e. The Hall–Kier alpha value is -6.95. The van der Waals surface area contributed by atoms with E-state index in [2.05, 4.69) is 82.6 Å². The smallest absolute Gasteiger partial charge is 0.215 e. The van der Waals surface area contributed by atoms with Crippen molar-refractivity contribution in [3.05, 3.63) is 177 Å². The van der Waals surface area contributed by atoms with Crippen LogP contribution in [0.1, 0.15) is 60.7 Å². The Kier molecular flexibility index (Phi) is 10.4. The summed E-state index contributed by atoms with van der Waals surface area (Å²) in [4.78, 5) is 44.4. The Bertz CT molecular complexity index is 2570. The van der Waals surface area contributed by atoms with Crippen LogP contribution in [0.15, 0.2) is 121 Å². The van der Waals surface area contributed by atoms with Crippen LogP contribution in [-0.2, 0) is 58.2 Å². The van der Waals surface area contributed by atoms with E-state index in [-0.39, 0.29) is 18.9 Å². The van der Waals surface area contributed by atoms with Crippen LogP contribution < -0.4 is 9.80 Å². The highest BCUT2D eigenvalue weighted by Crippen LogP contribution is 2.47. The molecular formula is C51H48N6O5. The Morgan fingerprint density at radius 2 is 0.887 bits per heavy atom. The normalized spacial score (nSPS) is 15.5. The molecule has 0 radical (unpaired) electrons. The number of nitrogens with zero attached hydrogens (tertiary/aromatic N) is 6. The molecule has 0 saturated carbocycles. The summed E-state index contributed by atoms with van der Waals surface area (Å²) in [5.41, 5.74) is 13.9. The zero-order valence-electron chi connectivity index (χ0n) is 35.4. The first-order valence-corrected chi connectivity index (χ1v) is 21.0. The zero-order valence-corrected chi connectivity index (χ0v) is 35.4. The molecule has 4 aliphatic heterocycles. The van der Waals surface area contributed by atoms with Crippen molar-refractivity contribution in [2.24, 2.45) is 0 Å². The third-order valence-electron chi connectivity index (χ3n) is 12.5. The minimum atomic E-state index is -0.130. The van der Waals surface area contributed by atoms with Gasteiger partial charge in [0.25, 0.3) is 0 Å². The van der Waals surface area contributed by atoms with Crippen LogP contribution in [0.3, 0.4) is 0 Å². The highest BCUT2D eigenvalue weighted by molar-refractivity contribution is 6.20.